The number of hydrogen-bond donors (Lipinski definition) is 1. The second kappa shape index (κ2) is 7.45. The van der Waals surface area contributed by atoms with E-state index >= 15 is 0 Å². The van der Waals surface area contributed by atoms with Crippen LogP contribution in [0.1, 0.15) is 0 Å². The number of morpholine rings is 1. The second-order valence-electron chi connectivity index (χ2n) is 5.61. The van der Waals surface area contributed by atoms with Crippen molar-refractivity contribution >= 4 is 11.9 Å². The molecule has 1 unspecified atom stereocenters. The Kier molecular flexibility index (Phi) is 5.11. The quantitative estimate of drug-likeness (QED) is 0.843. The molecule has 0 radical (unpaired) electrons. The molecule has 0 spiro atoms. The minimum atomic E-state index is -1.44. The van der Waals surface area contributed by atoms with Gasteiger partial charge in [0.2, 0.25) is 17.4 Å². The number of ether oxygens (including phenoxy) is 3. The summed E-state index contributed by atoms with van der Waals surface area (Å²) >= 11 is 0. The zero-order valence-corrected chi connectivity index (χ0v) is 13.8. The number of nitrogens with zero attached hydrogens (tertiary/aromatic N) is 3. The summed E-state index contributed by atoms with van der Waals surface area (Å²) in [6.07, 6.45) is 1.58. The number of anilines is 1. The van der Waals surface area contributed by atoms with Gasteiger partial charge in [0.1, 0.15) is 5.75 Å². The summed E-state index contributed by atoms with van der Waals surface area (Å²) in [5.41, 5.74) is -1.44. The first-order valence-electron chi connectivity index (χ1n) is 7.80. The average Bonchev–Trinajstić information content (AvgIpc) is 2.63. The summed E-state index contributed by atoms with van der Waals surface area (Å²) in [6.45, 7) is 0.750. The van der Waals surface area contributed by atoms with Crippen LogP contribution in [0.2, 0.25) is 0 Å². The smallest absolute Gasteiger partial charge is 0.340 e. The van der Waals surface area contributed by atoms with Crippen molar-refractivity contribution in [2.75, 3.05) is 38.3 Å². The van der Waals surface area contributed by atoms with Crippen LogP contribution in [0.5, 0.6) is 11.6 Å². The number of carboxylic acids is 1. The fourth-order valence-corrected chi connectivity index (χ4v) is 2.62. The zero-order valence-electron chi connectivity index (χ0n) is 13.8. The summed E-state index contributed by atoms with van der Waals surface area (Å²) in [5.74, 6) is 0.359. The number of rotatable bonds is 6. The molecule has 25 heavy (non-hydrogen) atoms. The molecule has 2 heterocycles. The van der Waals surface area contributed by atoms with Crippen molar-refractivity contribution in [3.63, 3.8) is 0 Å². The highest BCUT2D eigenvalue weighted by Crippen LogP contribution is 2.25. The van der Waals surface area contributed by atoms with Gasteiger partial charge in [-0.1, -0.05) is 18.2 Å². The van der Waals surface area contributed by atoms with Gasteiger partial charge < -0.3 is 24.2 Å². The molecule has 1 aromatic heterocycles. The molecule has 132 valence electrons. The van der Waals surface area contributed by atoms with Crippen molar-refractivity contribution in [1.29, 1.82) is 0 Å². The number of carboxylic acid groups (broad SMARTS) is 1. The van der Waals surface area contributed by atoms with E-state index in [2.05, 4.69) is 9.97 Å². The lowest BCUT2D eigenvalue weighted by Gasteiger charge is -2.39. The molecule has 1 N–H and O–H groups in total. The van der Waals surface area contributed by atoms with Crippen molar-refractivity contribution in [3.8, 4) is 11.6 Å². The fourth-order valence-electron chi connectivity index (χ4n) is 2.62. The highest BCUT2D eigenvalue weighted by molar-refractivity contribution is 5.79. The molecular weight excluding hydrogens is 326 g/mol. The van der Waals surface area contributed by atoms with Crippen LogP contribution in [-0.2, 0) is 14.3 Å². The van der Waals surface area contributed by atoms with E-state index in [1.165, 1.54) is 7.11 Å². The molecule has 0 amide bonds. The maximum Gasteiger partial charge on any atom is 0.340 e. The lowest BCUT2D eigenvalue weighted by Crippen LogP contribution is -2.59. The molecule has 8 nitrogen and oxygen atoms in total. The molecule has 0 bridgehead atoms. The Hall–Kier alpha value is -2.71. The van der Waals surface area contributed by atoms with E-state index in [9.17, 15) is 9.90 Å². The minimum absolute atomic E-state index is 0.0565. The maximum atomic E-state index is 11.7. The molecule has 0 saturated carbocycles. The van der Waals surface area contributed by atoms with E-state index in [-0.39, 0.29) is 19.8 Å². The summed E-state index contributed by atoms with van der Waals surface area (Å²) < 4.78 is 16.2. The molecular formula is C17H19N3O5. The largest absolute Gasteiger partial charge is 0.479 e. The highest BCUT2D eigenvalue weighted by atomic mass is 16.6. The minimum Gasteiger partial charge on any atom is -0.479 e. The second-order valence-corrected chi connectivity index (χ2v) is 5.61. The molecule has 1 saturated heterocycles. The number of benzene rings is 1. The molecule has 1 atom stereocenters. The first-order valence-corrected chi connectivity index (χ1v) is 7.80. The van der Waals surface area contributed by atoms with Crippen LogP contribution in [0.3, 0.4) is 0 Å². The third-order valence-electron chi connectivity index (χ3n) is 3.82. The van der Waals surface area contributed by atoms with Gasteiger partial charge in [-0.25, -0.2) is 9.78 Å². The molecule has 1 aliphatic rings. The summed E-state index contributed by atoms with van der Waals surface area (Å²) in [7, 11) is 1.44. The van der Waals surface area contributed by atoms with Crippen molar-refractivity contribution in [1.82, 2.24) is 9.97 Å². The van der Waals surface area contributed by atoms with E-state index in [4.69, 9.17) is 14.2 Å². The molecule has 8 heteroatoms. The van der Waals surface area contributed by atoms with Gasteiger partial charge in [0, 0.05) is 25.9 Å². The van der Waals surface area contributed by atoms with Gasteiger partial charge in [0.15, 0.2) is 0 Å². The average molecular weight is 345 g/mol. The van der Waals surface area contributed by atoms with Gasteiger partial charge in [-0.15, -0.1) is 0 Å². The third kappa shape index (κ3) is 3.86. The molecule has 1 aromatic carbocycles. The van der Waals surface area contributed by atoms with Crippen molar-refractivity contribution in [2.24, 2.45) is 0 Å². The highest BCUT2D eigenvalue weighted by Gasteiger charge is 2.45. The zero-order chi connectivity index (χ0) is 17.7. The van der Waals surface area contributed by atoms with Crippen LogP contribution in [0.15, 0.2) is 42.6 Å². The number of hydrogen-bond acceptors (Lipinski definition) is 7. The first kappa shape index (κ1) is 17.1. The molecule has 1 fully saturated rings. The Morgan fingerprint density at radius 2 is 2.16 bits per heavy atom. The summed E-state index contributed by atoms with van der Waals surface area (Å²) in [4.78, 5) is 22.0. The van der Waals surface area contributed by atoms with Gasteiger partial charge in [-0.2, -0.15) is 4.98 Å². The fraction of sp³-hybridized carbons (Fsp3) is 0.353. The van der Waals surface area contributed by atoms with Crippen LogP contribution >= 0.6 is 0 Å². The van der Waals surface area contributed by atoms with Crippen LogP contribution in [0.4, 0.5) is 5.95 Å². The standard InChI is InChI=1S/C17H19N3O5/c1-23-12-17(15(21)22)11-20(9-10-24-17)16-18-8-7-14(19-16)25-13-5-3-2-4-6-13/h2-8H,9-12H2,1H3,(H,21,22). The summed E-state index contributed by atoms with van der Waals surface area (Å²) in [6, 6.07) is 10.9. The Balaban J connectivity index is 1.79. The third-order valence-corrected chi connectivity index (χ3v) is 3.82. The first-order chi connectivity index (χ1) is 12.1. The Morgan fingerprint density at radius 1 is 1.36 bits per heavy atom. The van der Waals surface area contributed by atoms with Crippen molar-refractivity contribution < 1.29 is 24.1 Å². The molecule has 1 aliphatic heterocycles. The lowest BCUT2D eigenvalue weighted by atomic mass is 10.0. The van der Waals surface area contributed by atoms with E-state index in [1.54, 1.807) is 17.2 Å². The number of methoxy groups -OCH3 is 1. The van der Waals surface area contributed by atoms with Gasteiger partial charge in [-0.05, 0) is 12.1 Å². The molecule has 0 aliphatic carbocycles. The maximum absolute atomic E-state index is 11.7. The van der Waals surface area contributed by atoms with Crippen LogP contribution < -0.4 is 9.64 Å². The SMILES string of the molecule is COCC1(C(=O)O)CN(c2nccc(Oc3ccccc3)n2)CCO1. The van der Waals surface area contributed by atoms with Crippen LogP contribution in [-0.4, -0.2) is 60.1 Å². The number of para-hydroxylation sites is 1. The van der Waals surface area contributed by atoms with E-state index in [1.807, 2.05) is 30.3 Å². The normalized spacial score (nSPS) is 20.3. The van der Waals surface area contributed by atoms with Crippen LogP contribution in [0.25, 0.3) is 0 Å². The monoisotopic (exact) mass is 345 g/mol. The Morgan fingerprint density at radius 3 is 2.88 bits per heavy atom. The van der Waals surface area contributed by atoms with Gasteiger partial charge in [-0.3, -0.25) is 0 Å². The molecule has 2 aromatic rings. The van der Waals surface area contributed by atoms with E-state index < -0.39 is 11.6 Å². The number of aliphatic carboxylic acids is 1. The van der Waals surface area contributed by atoms with Gasteiger partial charge in [0.25, 0.3) is 0 Å². The molecule has 3 rings (SSSR count). The van der Waals surface area contributed by atoms with Crippen molar-refractivity contribution in [3.05, 3.63) is 42.6 Å². The van der Waals surface area contributed by atoms with Gasteiger partial charge in [0.05, 0.1) is 19.8 Å². The summed E-state index contributed by atoms with van der Waals surface area (Å²) in [5, 5.41) is 9.54. The number of aromatic nitrogens is 2. The number of carbonyl (C=O) groups is 1. The van der Waals surface area contributed by atoms with Gasteiger partial charge >= 0.3 is 5.97 Å². The van der Waals surface area contributed by atoms with E-state index in [0.29, 0.717) is 24.1 Å². The van der Waals surface area contributed by atoms with Crippen molar-refractivity contribution in [2.45, 2.75) is 5.60 Å². The van der Waals surface area contributed by atoms with Crippen LogP contribution in [0, 0.1) is 0 Å². The topological polar surface area (TPSA) is 94.0 Å². The Labute approximate surface area is 145 Å². The predicted octanol–water partition coefficient (Wildman–Crippen LogP) is 1.58. The lowest BCUT2D eigenvalue weighted by molar-refractivity contribution is -0.175. The Bertz CT molecular complexity index is 723. The predicted molar refractivity (Wildman–Crippen MR) is 89.0 cm³/mol. The van der Waals surface area contributed by atoms with E-state index in [0.717, 1.165) is 0 Å².